The van der Waals surface area contributed by atoms with Gasteiger partial charge in [0.05, 0.1) is 0 Å². The first kappa shape index (κ1) is 12.6. The first-order chi connectivity index (χ1) is 9.58. The summed E-state index contributed by atoms with van der Waals surface area (Å²) in [5.41, 5.74) is 3.94. The molecule has 3 aromatic heterocycles. The van der Waals surface area contributed by atoms with Crippen molar-refractivity contribution < 1.29 is 0 Å². The predicted molar refractivity (Wildman–Crippen MR) is 78.1 cm³/mol. The third kappa shape index (κ3) is 1.91. The molecule has 0 aliphatic rings. The van der Waals surface area contributed by atoms with Crippen LogP contribution in [0, 0.1) is 13.8 Å². The lowest BCUT2D eigenvalue weighted by molar-refractivity contribution is 0.870. The van der Waals surface area contributed by atoms with Gasteiger partial charge in [-0.05, 0) is 26.0 Å². The van der Waals surface area contributed by atoms with Gasteiger partial charge in [-0.15, -0.1) is 0 Å². The Bertz CT molecular complexity index is 705. The van der Waals surface area contributed by atoms with Crippen LogP contribution >= 0.6 is 0 Å². The smallest absolute Gasteiger partial charge is 0.158 e. The molecule has 0 bridgehead atoms. The number of rotatable bonds is 2. The molecule has 0 spiro atoms. The SMILES string of the molecule is Cc1cnc(-c2cccc(-c3ncc(C)n3C)n2)n1C. The van der Waals surface area contributed by atoms with Crippen LogP contribution in [-0.4, -0.2) is 24.1 Å². The van der Waals surface area contributed by atoms with Crippen LogP contribution in [0.3, 0.4) is 0 Å². The van der Waals surface area contributed by atoms with E-state index in [0.717, 1.165) is 34.4 Å². The van der Waals surface area contributed by atoms with E-state index in [1.54, 1.807) is 0 Å². The van der Waals surface area contributed by atoms with E-state index in [4.69, 9.17) is 4.98 Å². The quantitative estimate of drug-likeness (QED) is 0.716. The molecule has 0 unspecified atom stereocenters. The monoisotopic (exact) mass is 267 g/mol. The molecule has 0 aliphatic heterocycles. The van der Waals surface area contributed by atoms with E-state index in [2.05, 4.69) is 9.97 Å². The minimum atomic E-state index is 0.860. The molecule has 0 saturated heterocycles. The van der Waals surface area contributed by atoms with Gasteiger partial charge < -0.3 is 9.13 Å². The van der Waals surface area contributed by atoms with Crippen molar-refractivity contribution >= 4 is 0 Å². The molecular formula is C15H17N5. The van der Waals surface area contributed by atoms with Gasteiger partial charge in [0.1, 0.15) is 11.4 Å². The Kier molecular flexibility index (Phi) is 2.89. The third-order valence-corrected chi connectivity index (χ3v) is 3.65. The molecule has 0 saturated carbocycles. The highest BCUT2D eigenvalue weighted by Crippen LogP contribution is 2.21. The molecule has 102 valence electrons. The predicted octanol–water partition coefficient (Wildman–Crippen LogP) is 2.50. The van der Waals surface area contributed by atoms with Crippen molar-refractivity contribution in [2.24, 2.45) is 14.1 Å². The van der Waals surface area contributed by atoms with E-state index in [1.165, 1.54) is 0 Å². The normalized spacial score (nSPS) is 11.0. The number of aryl methyl sites for hydroxylation is 2. The molecule has 3 aromatic rings. The molecule has 0 N–H and O–H groups in total. The molecule has 0 aliphatic carbocycles. The second-order valence-corrected chi connectivity index (χ2v) is 4.97. The van der Waals surface area contributed by atoms with Gasteiger partial charge >= 0.3 is 0 Å². The van der Waals surface area contributed by atoms with E-state index in [0.29, 0.717) is 0 Å². The van der Waals surface area contributed by atoms with Crippen molar-refractivity contribution in [2.45, 2.75) is 13.8 Å². The van der Waals surface area contributed by atoms with Gasteiger partial charge in [-0.2, -0.15) is 0 Å². The Morgan fingerprint density at radius 1 is 0.800 bits per heavy atom. The van der Waals surface area contributed by atoms with Crippen LogP contribution in [0.25, 0.3) is 23.0 Å². The minimum Gasteiger partial charge on any atom is -0.330 e. The summed E-state index contributed by atoms with van der Waals surface area (Å²) in [5.74, 6) is 1.74. The minimum absolute atomic E-state index is 0.860. The van der Waals surface area contributed by atoms with Crippen LogP contribution in [0.4, 0.5) is 0 Å². The summed E-state index contributed by atoms with van der Waals surface area (Å²) in [6.45, 7) is 4.06. The van der Waals surface area contributed by atoms with Crippen molar-refractivity contribution in [1.29, 1.82) is 0 Å². The highest BCUT2D eigenvalue weighted by Gasteiger charge is 2.11. The number of aromatic nitrogens is 5. The zero-order chi connectivity index (χ0) is 14.3. The first-order valence-corrected chi connectivity index (χ1v) is 6.52. The van der Waals surface area contributed by atoms with Gasteiger partial charge in [0.15, 0.2) is 11.6 Å². The second-order valence-electron chi connectivity index (χ2n) is 4.97. The van der Waals surface area contributed by atoms with Crippen LogP contribution in [0.2, 0.25) is 0 Å². The molecule has 20 heavy (non-hydrogen) atoms. The summed E-state index contributed by atoms with van der Waals surface area (Å²) in [6, 6.07) is 5.94. The number of pyridine rings is 1. The Morgan fingerprint density at radius 3 is 1.60 bits per heavy atom. The molecular weight excluding hydrogens is 250 g/mol. The van der Waals surface area contributed by atoms with E-state index >= 15 is 0 Å². The summed E-state index contributed by atoms with van der Waals surface area (Å²) >= 11 is 0. The standard InChI is InChI=1S/C15H17N5/c1-10-8-16-14(19(10)3)12-6-5-7-13(18-12)15-17-9-11(2)20(15)4/h5-9H,1-4H3. The van der Waals surface area contributed by atoms with E-state index in [9.17, 15) is 0 Å². The van der Waals surface area contributed by atoms with Crippen LogP contribution in [0.1, 0.15) is 11.4 Å². The zero-order valence-electron chi connectivity index (χ0n) is 12.1. The number of imidazole rings is 2. The van der Waals surface area contributed by atoms with Gasteiger partial charge in [-0.3, -0.25) is 0 Å². The lowest BCUT2D eigenvalue weighted by Gasteiger charge is -2.06. The Labute approximate surface area is 118 Å². The first-order valence-electron chi connectivity index (χ1n) is 6.52. The highest BCUT2D eigenvalue weighted by atomic mass is 15.1. The van der Waals surface area contributed by atoms with Crippen LogP contribution in [0.15, 0.2) is 30.6 Å². The molecule has 0 aromatic carbocycles. The molecule has 3 rings (SSSR count). The molecule has 5 nitrogen and oxygen atoms in total. The van der Waals surface area contributed by atoms with Gasteiger partial charge in [0.25, 0.3) is 0 Å². The molecule has 0 atom stereocenters. The van der Waals surface area contributed by atoms with Crippen molar-refractivity contribution in [1.82, 2.24) is 24.1 Å². The maximum Gasteiger partial charge on any atom is 0.158 e. The summed E-state index contributed by atoms with van der Waals surface area (Å²) in [5, 5.41) is 0. The lowest BCUT2D eigenvalue weighted by Crippen LogP contribution is -2.00. The van der Waals surface area contributed by atoms with Gasteiger partial charge in [-0.25, -0.2) is 15.0 Å². The molecule has 0 fully saturated rings. The maximum absolute atomic E-state index is 4.69. The Balaban J connectivity index is 2.11. The van der Waals surface area contributed by atoms with Gasteiger partial charge in [-0.1, -0.05) is 6.07 Å². The fourth-order valence-electron chi connectivity index (χ4n) is 2.15. The largest absolute Gasteiger partial charge is 0.330 e. The maximum atomic E-state index is 4.69. The van der Waals surface area contributed by atoms with Gasteiger partial charge in [0, 0.05) is 37.9 Å². The highest BCUT2D eigenvalue weighted by molar-refractivity contribution is 5.58. The van der Waals surface area contributed by atoms with Crippen LogP contribution in [0.5, 0.6) is 0 Å². The Morgan fingerprint density at radius 2 is 1.25 bits per heavy atom. The summed E-state index contributed by atoms with van der Waals surface area (Å²) < 4.78 is 4.07. The van der Waals surface area contributed by atoms with E-state index < -0.39 is 0 Å². The van der Waals surface area contributed by atoms with E-state index in [1.807, 2.05) is 67.7 Å². The van der Waals surface area contributed by atoms with Crippen molar-refractivity contribution in [3.05, 3.63) is 42.0 Å². The number of hydrogen-bond acceptors (Lipinski definition) is 3. The van der Waals surface area contributed by atoms with Crippen molar-refractivity contribution in [3.63, 3.8) is 0 Å². The summed E-state index contributed by atoms with van der Waals surface area (Å²) in [4.78, 5) is 13.5. The number of nitrogens with zero attached hydrogens (tertiary/aromatic N) is 5. The topological polar surface area (TPSA) is 48.5 Å². The molecule has 0 radical (unpaired) electrons. The number of hydrogen-bond donors (Lipinski definition) is 0. The van der Waals surface area contributed by atoms with E-state index in [-0.39, 0.29) is 0 Å². The average Bonchev–Trinajstić information content (AvgIpc) is 2.95. The Hall–Kier alpha value is -2.43. The summed E-state index contributed by atoms with van der Waals surface area (Å²) in [6.07, 6.45) is 3.71. The average molecular weight is 267 g/mol. The lowest BCUT2D eigenvalue weighted by atomic mass is 10.2. The molecule has 3 heterocycles. The molecule has 5 heteroatoms. The fraction of sp³-hybridized carbons (Fsp3) is 0.267. The van der Waals surface area contributed by atoms with Crippen LogP contribution in [-0.2, 0) is 14.1 Å². The van der Waals surface area contributed by atoms with Gasteiger partial charge in [0.2, 0.25) is 0 Å². The third-order valence-electron chi connectivity index (χ3n) is 3.65. The van der Waals surface area contributed by atoms with Crippen molar-refractivity contribution in [2.75, 3.05) is 0 Å². The fourth-order valence-corrected chi connectivity index (χ4v) is 2.15. The second kappa shape index (κ2) is 4.59. The van der Waals surface area contributed by atoms with Crippen molar-refractivity contribution in [3.8, 4) is 23.0 Å². The summed E-state index contributed by atoms with van der Waals surface area (Å²) in [7, 11) is 3.99. The van der Waals surface area contributed by atoms with Crippen LogP contribution < -0.4 is 0 Å². The zero-order valence-corrected chi connectivity index (χ0v) is 12.1. The molecule has 0 amide bonds.